The second-order valence-corrected chi connectivity index (χ2v) is 39.4. The molecule has 0 saturated heterocycles. The zero-order valence-corrected chi connectivity index (χ0v) is 63.8. The first-order valence-electron chi connectivity index (χ1n) is 37.7. The third kappa shape index (κ3) is 8.86. The van der Waals surface area contributed by atoms with Gasteiger partial charge in [-0.2, -0.15) is 0 Å². The topological polar surface area (TPSA) is 9.72 Å². The van der Waals surface area contributed by atoms with Gasteiger partial charge < -0.3 is 14.7 Å². The first-order chi connectivity index (χ1) is 46.5. The molecule has 5 heteroatoms. The van der Waals surface area contributed by atoms with Gasteiger partial charge in [-0.15, -0.1) is 11.3 Å². The van der Waals surface area contributed by atoms with Gasteiger partial charge in [-0.3, -0.25) is 0 Å². The van der Waals surface area contributed by atoms with Gasteiger partial charge in [0.2, 0.25) is 0 Å². The van der Waals surface area contributed by atoms with Gasteiger partial charge in [0.15, 0.2) is 0 Å². The molecule has 1 aromatic heterocycles. The Morgan fingerprint density at radius 1 is 0.313 bits per heavy atom. The molecule has 0 saturated carbocycles. The number of anilines is 9. The molecule has 2 aliphatic heterocycles. The van der Waals surface area contributed by atoms with Gasteiger partial charge in [0.25, 0.3) is 6.71 Å². The molecule has 0 amide bonds. The third-order valence-corrected chi connectivity index (χ3v) is 28.9. The quantitative estimate of drug-likeness (QED) is 0.159. The molecule has 3 nitrogen and oxygen atoms in total. The summed E-state index contributed by atoms with van der Waals surface area (Å²) in [4.78, 5) is 8.34. The highest BCUT2D eigenvalue weighted by Crippen LogP contribution is 2.60. The largest absolute Gasteiger partial charge is 0.311 e. The standard InChI is InChI=1S/C94H102BN3S/c1-85(2)37-39-87(5,6)71-47-57(31-35-67(71)85)97-78-53-75-74(90(11,12)42-43-91(75,13)14)52-77(78)95-82-79(97)49-59(96(55-29-33-62-60-25-21-23-27-65(60)93(17,18)69(62)45-55)56-30-34-63-61-26-22-24-28-66(61)94(19,20)70(63)46-56)50-80(82)98(58-32-36-68-72(48-58)88(7,8)40-38-86(68,3)4)83-64-51-73-76(54-81(64)99-84(83)95)92(15,16)44-41-89(73,9)10/h21-36,45-54H,37-44H2,1-20H3. The van der Waals surface area contributed by atoms with Crippen molar-refractivity contribution in [3.63, 3.8) is 0 Å². The van der Waals surface area contributed by atoms with Crippen LogP contribution in [0, 0.1) is 0 Å². The van der Waals surface area contributed by atoms with Crippen LogP contribution in [0.5, 0.6) is 0 Å². The lowest BCUT2D eigenvalue weighted by atomic mass is 9.35. The number of fused-ring (bicyclic) bond motifs is 16. The highest BCUT2D eigenvalue weighted by atomic mass is 32.1. The minimum Gasteiger partial charge on any atom is -0.311 e. The van der Waals surface area contributed by atoms with E-state index in [-0.39, 0.29) is 60.9 Å². The van der Waals surface area contributed by atoms with Crippen molar-refractivity contribution >= 4 is 95.0 Å². The van der Waals surface area contributed by atoms with Gasteiger partial charge in [0, 0.05) is 65.5 Å². The second-order valence-electron chi connectivity index (χ2n) is 38.3. The van der Waals surface area contributed by atoms with E-state index in [9.17, 15) is 0 Å². The molecule has 10 aromatic rings. The second kappa shape index (κ2) is 20.1. The Hall–Kier alpha value is -7.60. The molecule has 8 aliphatic rings. The summed E-state index contributed by atoms with van der Waals surface area (Å²) in [6, 6.07) is 65.1. The smallest absolute Gasteiger partial charge is 0.264 e. The molecule has 0 N–H and O–H groups in total. The molecular weight excluding hydrogens is 1210 g/mol. The molecule has 99 heavy (non-hydrogen) atoms. The summed E-state index contributed by atoms with van der Waals surface area (Å²) in [6.45, 7) is 50.0. The average Bonchev–Trinajstić information content (AvgIpc) is 1.67. The van der Waals surface area contributed by atoms with Crippen molar-refractivity contribution in [1.82, 2.24) is 0 Å². The van der Waals surface area contributed by atoms with Crippen molar-refractivity contribution in [2.45, 2.75) is 244 Å². The van der Waals surface area contributed by atoms with Crippen molar-refractivity contribution in [2.24, 2.45) is 0 Å². The average molecular weight is 1320 g/mol. The van der Waals surface area contributed by atoms with Crippen LogP contribution in [0.15, 0.2) is 158 Å². The van der Waals surface area contributed by atoms with E-state index in [2.05, 4.69) is 322 Å². The van der Waals surface area contributed by atoms with Crippen molar-refractivity contribution < 1.29 is 0 Å². The van der Waals surface area contributed by atoms with Crippen LogP contribution in [0.25, 0.3) is 32.3 Å². The molecule has 0 spiro atoms. The van der Waals surface area contributed by atoms with Crippen molar-refractivity contribution in [2.75, 3.05) is 14.7 Å². The number of hydrogen-bond donors (Lipinski definition) is 0. The summed E-state index contributed by atoms with van der Waals surface area (Å²) in [5.74, 6) is 0. The lowest BCUT2D eigenvalue weighted by Crippen LogP contribution is -2.61. The highest BCUT2D eigenvalue weighted by molar-refractivity contribution is 7.33. The van der Waals surface area contributed by atoms with Crippen LogP contribution in [-0.4, -0.2) is 6.71 Å². The van der Waals surface area contributed by atoms with E-state index in [4.69, 9.17) is 0 Å². The van der Waals surface area contributed by atoms with E-state index in [0.29, 0.717) is 0 Å². The van der Waals surface area contributed by atoms with Crippen molar-refractivity contribution in [3.8, 4) is 22.3 Å². The fourth-order valence-electron chi connectivity index (χ4n) is 20.8. The van der Waals surface area contributed by atoms with Crippen LogP contribution in [0.4, 0.5) is 51.2 Å². The zero-order valence-electron chi connectivity index (χ0n) is 63.0. The maximum absolute atomic E-state index is 2.84. The van der Waals surface area contributed by atoms with Gasteiger partial charge in [-0.1, -0.05) is 217 Å². The molecular formula is C94H102BN3S. The maximum Gasteiger partial charge on any atom is 0.264 e. The van der Waals surface area contributed by atoms with E-state index in [1.165, 1.54) is 180 Å². The molecule has 0 fully saturated rings. The minimum atomic E-state index is -0.216. The molecule has 9 aromatic carbocycles. The Kier molecular flexibility index (Phi) is 12.9. The Morgan fingerprint density at radius 2 is 0.697 bits per heavy atom. The van der Waals surface area contributed by atoms with E-state index in [0.717, 1.165) is 37.8 Å². The summed E-state index contributed by atoms with van der Waals surface area (Å²) in [5, 5.41) is 1.38. The normalized spacial score (nSPS) is 21.2. The fourth-order valence-corrected chi connectivity index (χ4v) is 22.1. The first kappa shape index (κ1) is 63.6. The molecule has 0 bridgehead atoms. The Bertz CT molecular complexity index is 5090. The zero-order chi connectivity index (χ0) is 69.4. The summed E-state index contributed by atoms with van der Waals surface area (Å²) < 4.78 is 2.86. The number of hydrogen-bond acceptors (Lipinski definition) is 4. The van der Waals surface area contributed by atoms with Crippen molar-refractivity contribution in [1.29, 1.82) is 0 Å². The van der Waals surface area contributed by atoms with Gasteiger partial charge in [-0.25, -0.2) is 0 Å². The van der Waals surface area contributed by atoms with E-state index >= 15 is 0 Å². The van der Waals surface area contributed by atoms with E-state index < -0.39 is 0 Å². The predicted molar refractivity (Wildman–Crippen MR) is 427 cm³/mol. The fraction of sp³-hybridized carbons (Fsp3) is 0.404. The Balaban J connectivity index is 1.01. The summed E-state index contributed by atoms with van der Waals surface area (Å²) in [5.41, 5.74) is 36.6. The highest BCUT2D eigenvalue weighted by Gasteiger charge is 2.51. The monoisotopic (exact) mass is 1320 g/mol. The maximum atomic E-state index is 2.84. The lowest BCUT2D eigenvalue weighted by molar-refractivity contribution is 0.332. The van der Waals surface area contributed by atoms with Crippen LogP contribution in [0.1, 0.15) is 257 Å². The number of nitrogens with zero attached hydrogens (tertiary/aromatic N) is 3. The molecule has 18 rings (SSSR count). The van der Waals surface area contributed by atoms with Gasteiger partial charge in [-0.05, 0) is 273 Å². The number of rotatable bonds is 5. The first-order valence-corrected chi connectivity index (χ1v) is 38.5. The Morgan fingerprint density at radius 3 is 1.17 bits per heavy atom. The predicted octanol–water partition coefficient (Wildman–Crippen LogP) is 24.5. The van der Waals surface area contributed by atoms with Crippen LogP contribution in [0.2, 0.25) is 0 Å². The molecule has 3 heterocycles. The number of benzene rings is 9. The SMILES string of the molecule is CC1(C)CCC(C)(C)c2cc(N3c4cc5c(cc4B4c6sc7cc8c(cc7c6N(c6ccc7c(c6)C(C)(C)CCC7(C)C)c6cc(N(c7ccc9c(c7)C(C)(C)c7ccccc7-9)c7ccc9c(c7)C(C)(C)c7ccccc7-9)cc3c64)C(C)(C)CCC8(C)C)C(C)(C)CCC5(C)C)ccc21. The third-order valence-electron chi connectivity index (χ3n) is 27.7. The molecule has 0 radical (unpaired) electrons. The van der Waals surface area contributed by atoms with Gasteiger partial charge in [0.1, 0.15) is 0 Å². The lowest BCUT2D eigenvalue weighted by Gasteiger charge is -2.48. The van der Waals surface area contributed by atoms with Gasteiger partial charge in [0.05, 0.1) is 11.4 Å². The van der Waals surface area contributed by atoms with Crippen LogP contribution in [-0.2, 0) is 54.1 Å². The minimum absolute atomic E-state index is 0.0101. The summed E-state index contributed by atoms with van der Waals surface area (Å²) in [6.07, 6.45) is 9.26. The molecule has 0 unspecified atom stereocenters. The summed E-state index contributed by atoms with van der Waals surface area (Å²) in [7, 11) is 0. The molecule has 502 valence electrons. The van der Waals surface area contributed by atoms with Crippen molar-refractivity contribution in [3.05, 3.63) is 224 Å². The van der Waals surface area contributed by atoms with Crippen LogP contribution < -0.4 is 30.4 Å². The summed E-state index contributed by atoms with van der Waals surface area (Å²) >= 11 is 2.10. The van der Waals surface area contributed by atoms with E-state index in [1.807, 2.05) is 0 Å². The van der Waals surface area contributed by atoms with Crippen LogP contribution >= 0.6 is 11.3 Å². The van der Waals surface area contributed by atoms with Crippen LogP contribution in [0.3, 0.4) is 0 Å². The Labute approximate surface area is 596 Å². The van der Waals surface area contributed by atoms with E-state index in [1.54, 1.807) is 0 Å². The number of thiophene rings is 1. The molecule has 6 aliphatic carbocycles. The van der Waals surface area contributed by atoms with Gasteiger partial charge >= 0.3 is 0 Å². The molecule has 0 atom stereocenters.